The van der Waals surface area contributed by atoms with Crippen LogP contribution >= 0.6 is 0 Å². The highest BCUT2D eigenvalue weighted by atomic mass is 32.2. The SMILES string of the molecule is COC[C@@H]1Cn2ncc(S(N)(=O)=NC(=O)Nc3c4c(cc5c3CCC5)CCC4)c2O1. The van der Waals surface area contributed by atoms with Gasteiger partial charge in [0.1, 0.15) is 11.0 Å². The maximum atomic E-state index is 13.1. The first kappa shape index (κ1) is 19.5. The molecule has 160 valence electrons. The number of aryl methyl sites for hydroxylation is 2. The van der Waals surface area contributed by atoms with Crippen molar-refractivity contribution in [2.75, 3.05) is 19.0 Å². The van der Waals surface area contributed by atoms with Crippen LogP contribution in [0.3, 0.4) is 0 Å². The number of rotatable bonds is 4. The van der Waals surface area contributed by atoms with E-state index in [9.17, 15) is 9.00 Å². The molecule has 2 aromatic rings. The van der Waals surface area contributed by atoms with Gasteiger partial charge >= 0.3 is 6.03 Å². The van der Waals surface area contributed by atoms with Crippen molar-refractivity contribution in [2.45, 2.75) is 56.1 Å². The van der Waals surface area contributed by atoms with Crippen LogP contribution in [0.4, 0.5) is 10.5 Å². The van der Waals surface area contributed by atoms with E-state index in [-0.39, 0.29) is 16.9 Å². The predicted octanol–water partition coefficient (Wildman–Crippen LogP) is 2.20. The molecule has 5 rings (SSSR count). The molecular formula is C20H25N5O4S. The summed E-state index contributed by atoms with van der Waals surface area (Å²) in [6, 6.07) is 1.58. The molecule has 2 aliphatic carbocycles. The van der Waals surface area contributed by atoms with Crippen molar-refractivity contribution in [3.05, 3.63) is 34.5 Å². The zero-order valence-corrected chi connectivity index (χ0v) is 17.7. The number of benzene rings is 1. The largest absolute Gasteiger partial charge is 0.469 e. The average molecular weight is 432 g/mol. The average Bonchev–Trinajstić information content (AvgIpc) is 3.44. The molecule has 0 fully saturated rings. The van der Waals surface area contributed by atoms with E-state index in [1.165, 1.54) is 28.5 Å². The number of nitrogens with zero attached hydrogens (tertiary/aromatic N) is 3. The van der Waals surface area contributed by atoms with Crippen molar-refractivity contribution in [2.24, 2.45) is 9.50 Å². The minimum Gasteiger partial charge on any atom is -0.469 e. The summed E-state index contributed by atoms with van der Waals surface area (Å²) in [6.07, 6.45) is 7.19. The molecule has 9 nitrogen and oxygen atoms in total. The van der Waals surface area contributed by atoms with Crippen LogP contribution in [-0.4, -0.2) is 39.8 Å². The maximum absolute atomic E-state index is 13.1. The van der Waals surface area contributed by atoms with Crippen molar-refractivity contribution < 1.29 is 18.5 Å². The summed E-state index contributed by atoms with van der Waals surface area (Å²) in [5, 5.41) is 13.1. The highest BCUT2D eigenvalue weighted by molar-refractivity contribution is 7.91. The van der Waals surface area contributed by atoms with Crippen LogP contribution in [0.15, 0.2) is 21.5 Å². The molecule has 2 heterocycles. The summed E-state index contributed by atoms with van der Waals surface area (Å²) < 4.78 is 29.4. The van der Waals surface area contributed by atoms with Crippen molar-refractivity contribution in [1.29, 1.82) is 0 Å². The first-order chi connectivity index (χ1) is 14.5. The molecular weight excluding hydrogens is 406 g/mol. The Morgan fingerprint density at radius 2 is 2.03 bits per heavy atom. The third-order valence-electron chi connectivity index (χ3n) is 6.01. The van der Waals surface area contributed by atoms with Crippen molar-refractivity contribution in [3.63, 3.8) is 0 Å². The van der Waals surface area contributed by atoms with Gasteiger partial charge in [0.25, 0.3) is 0 Å². The number of fused-ring (bicyclic) bond motifs is 3. The second-order valence-electron chi connectivity index (χ2n) is 8.02. The van der Waals surface area contributed by atoms with Gasteiger partial charge in [-0.25, -0.2) is 18.8 Å². The lowest BCUT2D eigenvalue weighted by Crippen LogP contribution is -2.22. The molecule has 2 amide bonds. The fourth-order valence-corrected chi connectivity index (χ4v) is 5.73. The zero-order valence-electron chi connectivity index (χ0n) is 16.8. The summed E-state index contributed by atoms with van der Waals surface area (Å²) in [6.45, 7) is 0.837. The summed E-state index contributed by atoms with van der Waals surface area (Å²) >= 11 is 0. The van der Waals surface area contributed by atoms with E-state index in [0.717, 1.165) is 44.2 Å². The molecule has 2 atom stereocenters. The minimum absolute atomic E-state index is 0.125. The topological polar surface area (TPSA) is 121 Å². The normalized spacial score (nSPS) is 20.8. The van der Waals surface area contributed by atoms with E-state index in [1.807, 2.05) is 0 Å². The van der Waals surface area contributed by atoms with Gasteiger partial charge < -0.3 is 14.8 Å². The Kier molecular flexibility index (Phi) is 4.79. The van der Waals surface area contributed by atoms with Gasteiger partial charge in [-0.2, -0.15) is 5.10 Å². The van der Waals surface area contributed by atoms with Gasteiger partial charge in [0, 0.05) is 12.8 Å². The van der Waals surface area contributed by atoms with Gasteiger partial charge in [0.15, 0.2) is 9.92 Å². The van der Waals surface area contributed by atoms with E-state index < -0.39 is 15.9 Å². The lowest BCUT2D eigenvalue weighted by Gasteiger charge is -2.15. The zero-order chi connectivity index (χ0) is 20.9. The number of hydrogen-bond acceptors (Lipinski definition) is 5. The van der Waals surface area contributed by atoms with Gasteiger partial charge in [-0.3, -0.25) is 0 Å². The number of carbonyl (C=O) groups is 1. The first-order valence-electron chi connectivity index (χ1n) is 10.2. The number of urea groups is 1. The lowest BCUT2D eigenvalue weighted by atomic mass is 9.99. The van der Waals surface area contributed by atoms with E-state index in [1.54, 1.807) is 11.8 Å². The van der Waals surface area contributed by atoms with E-state index in [0.29, 0.717) is 13.2 Å². The number of amides is 2. The second-order valence-corrected chi connectivity index (χ2v) is 9.78. The van der Waals surface area contributed by atoms with Gasteiger partial charge in [-0.1, -0.05) is 6.07 Å². The number of ether oxygens (including phenoxy) is 2. The summed E-state index contributed by atoms with van der Waals surface area (Å²) in [5.41, 5.74) is 5.80. The van der Waals surface area contributed by atoms with E-state index in [4.69, 9.17) is 14.6 Å². The second kappa shape index (κ2) is 7.36. The molecule has 0 spiro atoms. The Morgan fingerprint density at radius 3 is 2.70 bits per heavy atom. The third kappa shape index (κ3) is 3.28. The fraction of sp³-hybridized carbons (Fsp3) is 0.500. The van der Waals surface area contributed by atoms with Crippen LogP contribution < -0.4 is 15.2 Å². The lowest BCUT2D eigenvalue weighted by molar-refractivity contribution is 0.0920. The van der Waals surface area contributed by atoms with Crippen LogP contribution in [0, 0.1) is 0 Å². The van der Waals surface area contributed by atoms with Gasteiger partial charge in [-0.15, -0.1) is 4.36 Å². The van der Waals surface area contributed by atoms with Crippen LogP contribution in [0.2, 0.25) is 0 Å². The number of anilines is 1. The highest BCUT2D eigenvalue weighted by Gasteiger charge is 2.31. The van der Waals surface area contributed by atoms with Crippen molar-refractivity contribution in [3.8, 4) is 5.88 Å². The maximum Gasteiger partial charge on any atom is 0.354 e. The van der Waals surface area contributed by atoms with E-state index >= 15 is 0 Å². The monoisotopic (exact) mass is 431 g/mol. The Labute approximate surface area is 175 Å². The number of methoxy groups -OCH3 is 1. The van der Waals surface area contributed by atoms with Gasteiger partial charge in [-0.05, 0) is 60.8 Å². The molecule has 1 aromatic carbocycles. The number of nitrogens with one attached hydrogen (secondary N) is 1. The Bertz CT molecular complexity index is 1120. The molecule has 1 aromatic heterocycles. The smallest absolute Gasteiger partial charge is 0.354 e. The summed E-state index contributed by atoms with van der Waals surface area (Å²) in [7, 11) is -1.94. The van der Waals surface area contributed by atoms with Gasteiger partial charge in [0.05, 0.1) is 19.3 Å². The minimum atomic E-state index is -3.51. The quantitative estimate of drug-likeness (QED) is 0.769. The summed E-state index contributed by atoms with van der Waals surface area (Å²) in [4.78, 5) is 12.9. The molecule has 1 aliphatic heterocycles. The van der Waals surface area contributed by atoms with E-state index in [2.05, 4.69) is 20.8 Å². The van der Waals surface area contributed by atoms with Gasteiger partial charge in [0.2, 0.25) is 5.88 Å². The summed E-state index contributed by atoms with van der Waals surface area (Å²) in [5.74, 6) is 0.280. The van der Waals surface area contributed by atoms with Crippen LogP contribution in [-0.2, 0) is 46.9 Å². The molecule has 10 heteroatoms. The highest BCUT2D eigenvalue weighted by Crippen LogP contribution is 2.38. The molecule has 0 saturated carbocycles. The third-order valence-corrected chi connectivity index (χ3v) is 7.35. The Morgan fingerprint density at radius 1 is 1.33 bits per heavy atom. The molecule has 3 aliphatic rings. The van der Waals surface area contributed by atoms with Crippen LogP contribution in [0.5, 0.6) is 5.88 Å². The fourth-order valence-electron chi connectivity index (χ4n) is 4.74. The standard InChI is InChI=1S/C20H25N5O4S/c1-28-11-14-10-25-19(29-14)17(9-22-25)30(21,27)24-20(26)23-18-15-6-2-4-12(15)8-13-5-3-7-16(13)18/h8-9,14H,2-7,10-11H2,1H3,(H3,21,23,24,26,27)/t14-,30?/m0/s1. The molecule has 0 bridgehead atoms. The number of hydrogen-bond donors (Lipinski definition) is 2. The number of carbonyl (C=O) groups excluding carboxylic acids is 1. The van der Waals surface area contributed by atoms with Crippen molar-refractivity contribution in [1.82, 2.24) is 9.78 Å². The molecule has 1 unspecified atom stereocenters. The number of nitrogens with two attached hydrogens (primary N) is 1. The van der Waals surface area contributed by atoms with Crippen LogP contribution in [0.25, 0.3) is 0 Å². The van der Waals surface area contributed by atoms with Crippen LogP contribution in [0.1, 0.15) is 35.1 Å². The molecule has 0 saturated heterocycles. The molecule has 0 radical (unpaired) electrons. The molecule has 30 heavy (non-hydrogen) atoms. The Balaban J connectivity index is 1.44. The Hall–Kier alpha value is -2.43. The first-order valence-corrected chi connectivity index (χ1v) is 11.8. The van der Waals surface area contributed by atoms with Crippen molar-refractivity contribution >= 4 is 21.6 Å². The molecule has 3 N–H and O–H groups in total. The number of aromatic nitrogens is 2. The predicted molar refractivity (Wildman–Crippen MR) is 111 cm³/mol.